The molecule has 0 aliphatic carbocycles. The molecule has 4 nitrogen and oxygen atoms in total. The topological polar surface area (TPSA) is 38.1 Å². The number of nitrogens with zero attached hydrogens (tertiary/aromatic N) is 3. The van der Waals surface area contributed by atoms with E-state index in [-0.39, 0.29) is 11.6 Å². The van der Waals surface area contributed by atoms with Gasteiger partial charge in [-0.25, -0.2) is 4.68 Å². The van der Waals surface area contributed by atoms with Crippen molar-refractivity contribution in [1.29, 1.82) is 0 Å². The van der Waals surface area contributed by atoms with Crippen molar-refractivity contribution >= 4 is 0 Å². The fraction of sp³-hybridized carbons (Fsp3) is 0.714. The minimum atomic E-state index is 0.0531. The highest BCUT2D eigenvalue weighted by Crippen LogP contribution is 2.21. The maximum atomic E-state index is 12.0. The van der Waals surface area contributed by atoms with Crippen LogP contribution in [0.15, 0.2) is 17.1 Å². The SMILES string of the molecule is CCc1cnn(C2CCN(C(C)C)CC2)c(=O)c1. The molecule has 1 fully saturated rings. The van der Waals surface area contributed by atoms with E-state index in [1.807, 2.05) is 13.1 Å². The standard InChI is InChI=1S/C14H23N3O/c1-4-12-9-14(18)17(15-10-12)13-5-7-16(8-6-13)11(2)3/h9-11,13H,4-8H2,1-3H3. The largest absolute Gasteiger partial charge is 0.301 e. The molecule has 4 heteroatoms. The van der Waals surface area contributed by atoms with Crippen LogP contribution in [0.2, 0.25) is 0 Å². The third-order valence-electron chi connectivity index (χ3n) is 3.87. The highest BCUT2D eigenvalue weighted by atomic mass is 16.1. The molecule has 1 saturated heterocycles. The number of hydrogen-bond donors (Lipinski definition) is 0. The van der Waals surface area contributed by atoms with Crippen LogP contribution in [0, 0.1) is 0 Å². The highest BCUT2D eigenvalue weighted by molar-refractivity contribution is 5.06. The molecule has 1 aliphatic heterocycles. The van der Waals surface area contributed by atoms with E-state index >= 15 is 0 Å². The second kappa shape index (κ2) is 5.65. The van der Waals surface area contributed by atoms with E-state index < -0.39 is 0 Å². The van der Waals surface area contributed by atoms with Crippen molar-refractivity contribution in [1.82, 2.24) is 14.7 Å². The van der Waals surface area contributed by atoms with E-state index in [0.717, 1.165) is 37.9 Å². The third-order valence-corrected chi connectivity index (χ3v) is 3.87. The van der Waals surface area contributed by atoms with Crippen molar-refractivity contribution in [3.63, 3.8) is 0 Å². The van der Waals surface area contributed by atoms with Gasteiger partial charge < -0.3 is 4.90 Å². The van der Waals surface area contributed by atoms with Crippen molar-refractivity contribution in [2.75, 3.05) is 13.1 Å². The van der Waals surface area contributed by atoms with Gasteiger partial charge in [0.25, 0.3) is 5.56 Å². The van der Waals surface area contributed by atoms with Gasteiger partial charge in [0.15, 0.2) is 0 Å². The van der Waals surface area contributed by atoms with Crippen molar-refractivity contribution in [2.45, 2.75) is 52.1 Å². The van der Waals surface area contributed by atoms with Crippen LogP contribution >= 0.6 is 0 Å². The van der Waals surface area contributed by atoms with E-state index in [0.29, 0.717) is 6.04 Å². The molecule has 0 N–H and O–H groups in total. The summed E-state index contributed by atoms with van der Waals surface area (Å²) in [5.41, 5.74) is 1.08. The molecule has 1 aromatic heterocycles. The average Bonchev–Trinajstić information content (AvgIpc) is 2.38. The first-order valence-corrected chi connectivity index (χ1v) is 6.93. The maximum Gasteiger partial charge on any atom is 0.267 e. The fourth-order valence-corrected chi connectivity index (χ4v) is 2.57. The lowest BCUT2D eigenvalue weighted by Crippen LogP contribution is -2.41. The summed E-state index contributed by atoms with van der Waals surface area (Å²) in [6.07, 6.45) is 4.75. The summed E-state index contributed by atoms with van der Waals surface area (Å²) in [4.78, 5) is 14.5. The van der Waals surface area contributed by atoms with Crippen LogP contribution in [-0.4, -0.2) is 33.8 Å². The minimum Gasteiger partial charge on any atom is -0.301 e. The predicted octanol–water partition coefficient (Wildman–Crippen LogP) is 1.85. The molecule has 2 rings (SSSR count). The van der Waals surface area contributed by atoms with Crippen LogP contribution in [0.3, 0.4) is 0 Å². The molecule has 0 unspecified atom stereocenters. The number of aromatic nitrogens is 2. The average molecular weight is 249 g/mol. The number of piperidine rings is 1. The summed E-state index contributed by atoms with van der Waals surface area (Å²) in [6, 6.07) is 2.60. The Balaban J connectivity index is 2.08. The molecule has 1 aromatic rings. The molecular weight excluding hydrogens is 226 g/mol. The van der Waals surface area contributed by atoms with Crippen LogP contribution < -0.4 is 5.56 Å². The third kappa shape index (κ3) is 2.80. The number of hydrogen-bond acceptors (Lipinski definition) is 3. The van der Waals surface area contributed by atoms with Gasteiger partial charge in [0.05, 0.1) is 12.2 Å². The lowest BCUT2D eigenvalue weighted by Gasteiger charge is -2.34. The molecular formula is C14H23N3O. The number of aryl methyl sites for hydroxylation is 1. The Morgan fingerprint density at radius 2 is 2.06 bits per heavy atom. The van der Waals surface area contributed by atoms with Crippen LogP contribution in [0.1, 0.15) is 45.2 Å². The molecule has 0 aromatic carbocycles. The zero-order valence-corrected chi connectivity index (χ0v) is 11.6. The van der Waals surface area contributed by atoms with Gasteiger partial charge in [-0.3, -0.25) is 4.79 Å². The van der Waals surface area contributed by atoms with E-state index in [1.54, 1.807) is 10.7 Å². The molecule has 0 radical (unpaired) electrons. The Labute approximate surface area is 109 Å². The minimum absolute atomic E-state index is 0.0531. The molecule has 0 atom stereocenters. The van der Waals surface area contributed by atoms with Gasteiger partial charge in [-0.15, -0.1) is 0 Å². The Bertz CT molecular complexity index is 445. The lowest BCUT2D eigenvalue weighted by molar-refractivity contribution is 0.145. The van der Waals surface area contributed by atoms with E-state index in [2.05, 4.69) is 23.8 Å². The van der Waals surface area contributed by atoms with Crippen molar-refractivity contribution in [3.05, 3.63) is 28.2 Å². The predicted molar refractivity (Wildman–Crippen MR) is 72.9 cm³/mol. The molecule has 0 amide bonds. The molecule has 0 bridgehead atoms. The van der Waals surface area contributed by atoms with Crippen LogP contribution in [0.25, 0.3) is 0 Å². The Kier molecular flexibility index (Phi) is 4.17. The quantitative estimate of drug-likeness (QED) is 0.820. The summed E-state index contributed by atoms with van der Waals surface area (Å²) in [5, 5.41) is 4.33. The second-order valence-corrected chi connectivity index (χ2v) is 5.36. The van der Waals surface area contributed by atoms with Crippen LogP contribution in [0.4, 0.5) is 0 Å². The molecule has 100 valence electrons. The summed E-state index contributed by atoms with van der Waals surface area (Å²) in [7, 11) is 0. The van der Waals surface area contributed by atoms with Gasteiger partial charge in [-0.05, 0) is 38.7 Å². The molecule has 0 saturated carbocycles. The Morgan fingerprint density at radius 3 is 2.56 bits per heavy atom. The number of likely N-dealkylation sites (tertiary alicyclic amines) is 1. The zero-order chi connectivity index (χ0) is 13.1. The summed E-state index contributed by atoms with van der Waals surface area (Å²) in [6.45, 7) is 8.61. The summed E-state index contributed by atoms with van der Waals surface area (Å²) < 4.78 is 1.68. The highest BCUT2D eigenvalue weighted by Gasteiger charge is 2.23. The maximum absolute atomic E-state index is 12.0. The first kappa shape index (κ1) is 13.3. The molecule has 0 spiro atoms. The van der Waals surface area contributed by atoms with E-state index in [4.69, 9.17) is 0 Å². The summed E-state index contributed by atoms with van der Waals surface area (Å²) >= 11 is 0. The van der Waals surface area contributed by atoms with E-state index in [9.17, 15) is 4.79 Å². The van der Waals surface area contributed by atoms with Crippen molar-refractivity contribution in [3.8, 4) is 0 Å². The first-order chi connectivity index (χ1) is 8.61. The van der Waals surface area contributed by atoms with Crippen molar-refractivity contribution in [2.24, 2.45) is 0 Å². The first-order valence-electron chi connectivity index (χ1n) is 6.93. The lowest BCUT2D eigenvalue weighted by atomic mass is 10.0. The van der Waals surface area contributed by atoms with Gasteiger partial charge in [-0.2, -0.15) is 5.10 Å². The zero-order valence-electron chi connectivity index (χ0n) is 11.6. The van der Waals surface area contributed by atoms with Crippen LogP contribution in [-0.2, 0) is 6.42 Å². The summed E-state index contributed by atoms with van der Waals surface area (Å²) in [5.74, 6) is 0. The molecule has 1 aliphatic rings. The smallest absolute Gasteiger partial charge is 0.267 e. The van der Waals surface area contributed by atoms with Gasteiger partial charge in [0, 0.05) is 25.2 Å². The van der Waals surface area contributed by atoms with Crippen molar-refractivity contribution < 1.29 is 0 Å². The van der Waals surface area contributed by atoms with E-state index in [1.165, 1.54) is 0 Å². The fourth-order valence-electron chi connectivity index (χ4n) is 2.57. The normalized spacial score (nSPS) is 18.4. The molecule has 18 heavy (non-hydrogen) atoms. The van der Waals surface area contributed by atoms with Gasteiger partial charge in [-0.1, -0.05) is 6.92 Å². The second-order valence-electron chi connectivity index (χ2n) is 5.36. The number of rotatable bonds is 3. The Hall–Kier alpha value is -1.16. The molecule has 2 heterocycles. The van der Waals surface area contributed by atoms with Gasteiger partial charge >= 0.3 is 0 Å². The van der Waals surface area contributed by atoms with Gasteiger partial charge in [0.2, 0.25) is 0 Å². The monoisotopic (exact) mass is 249 g/mol. The van der Waals surface area contributed by atoms with Crippen LogP contribution in [0.5, 0.6) is 0 Å². The van der Waals surface area contributed by atoms with Gasteiger partial charge in [0.1, 0.15) is 0 Å². The Morgan fingerprint density at radius 1 is 1.39 bits per heavy atom.